The molecule has 0 saturated carbocycles. The average Bonchev–Trinajstić information content (AvgIpc) is 2.54. The number of rotatable bonds is 6. The van der Waals surface area contributed by atoms with E-state index in [0.717, 1.165) is 13.1 Å². The number of methoxy groups -OCH3 is 1. The van der Waals surface area contributed by atoms with Crippen molar-refractivity contribution in [3.63, 3.8) is 0 Å². The Morgan fingerprint density at radius 3 is 2.76 bits per heavy atom. The Bertz CT molecular complexity index is 435. The molecule has 3 nitrogen and oxygen atoms in total. The molecule has 3 unspecified atom stereocenters. The summed E-state index contributed by atoms with van der Waals surface area (Å²) in [5.41, 5.74) is 2.64. The molecule has 1 aliphatic rings. The minimum atomic E-state index is 0.573. The fourth-order valence-corrected chi connectivity index (χ4v) is 3.22. The second-order valence-corrected chi connectivity index (χ2v) is 6.18. The molecule has 3 atom stereocenters. The van der Waals surface area contributed by atoms with Crippen LogP contribution in [0.4, 0.5) is 5.69 Å². The van der Waals surface area contributed by atoms with Crippen molar-refractivity contribution in [2.75, 3.05) is 25.1 Å². The van der Waals surface area contributed by atoms with Gasteiger partial charge in [0.05, 0.1) is 6.61 Å². The SMILES string of the molecule is CCC(C)C1CN(c2ccccc2COC)C(CC)CN1. The first-order valence-corrected chi connectivity index (χ1v) is 8.28. The van der Waals surface area contributed by atoms with Gasteiger partial charge in [-0.15, -0.1) is 0 Å². The highest BCUT2D eigenvalue weighted by Crippen LogP contribution is 2.27. The maximum absolute atomic E-state index is 5.38. The van der Waals surface area contributed by atoms with Gasteiger partial charge in [0, 0.05) is 43.5 Å². The number of ether oxygens (including phenoxy) is 1. The van der Waals surface area contributed by atoms with E-state index in [1.165, 1.54) is 24.1 Å². The second-order valence-electron chi connectivity index (χ2n) is 6.18. The van der Waals surface area contributed by atoms with Crippen LogP contribution in [0.3, 0.4) is 0 Å². The number of piperazine rings is 1. The number of benzene rings is 1. The summed E-state index contributed by atoms with van der Waals surface area (Å²) in [6.07, 6.45) is 2.39. The van der Waals surface area contributed by atoms with Crippen LogP contribution in [0.15, 0.2) is 24.3 Å². The first-order valence-electron chi connectivity index (χ1n) is 8.28. The second kappa shape index (κ2) is 7.81. The highest BCUT2D eigenvalue weighted by molar-refractivity contribution is 5.55. The largest absolute Gasteiger partial charge is 0.380 e. The lowest BCUT2D eigenvalue weighted by Gasteiger charge is -2.44. The smallest absolute Gasteiger partial charge is 0.0733 e. The Morgan fingerprint density at radius 2 is 2.10 bits per heavy atom. The van der Waals surface area contributed by atoms with Crippen molar-refractivity contribution in [2.45, 2.75) is 52.3 Å². The molecule has 0 aliphatic carbocycles. The predicted molar refractivity (Wildman–Crippen MR) is 89.8 cm³/mol. The minimum Gasteiger partial charge on any atom is -0.380 e. The summed E-state index contributed by atoms with van der Waals surface area (Å²) < 4.78 is 5.38. The van der Waals surface area contributed by atoms with Gasteiger partial charge < -0.3 is 15.0 Å². The summed E-state index contributed by atoms with van der Waals surface area (Å²) >= 11 is 0. The van der Waals surface area contributed by atoms with E-state index in [4.69, 9.17) is 4.74 Å². The molecule has 1 saturated heterocycles. The molecule has 3 heteroatoms. The maximum Gasteiger partial charge on any atom is 0.0733 e. The van der Waals surface area contributed by atoms with Crippen LogP contribution in [0.2, 0.25) is 0 Å². The number of anilines is 1. The van der Waals surface area contributed by atoms with Crippen LogP contribution in [0.1, 0.15) is 39.2 Å². The Kier molecular flexibility index (Phi) is 6.07. The molecule has 2 rings (SSSR count). The summed E-state index contributed by atoms with van der Waals surface area (Å²) in [5, 5.41) is 3.75. The van der Waals surface area contributed by atoms with Crippen LogP contribution in [-0.2, 0) is 11.3 Å². The third-order valence-corrected chi connectivity index (χ3v) is 4.85. The third-order valence-electron chi connectivity index (χ3n) is 4.85. The summed E-state index contributed by atoms with van der Waals surface area (Å²) in [6.45, 7) is 9.76. The fraction of sp³-hybridized carbons (Fsp3) is 0.667. The van der Waals surface area contributed by atoms with Crippen LogP contribution in [-0.4, -0.2) is 32.3 Å². The van der Waals surface area contributed by atoms with E-state index in [1.54, 1.807) is 7.11 Å². The van der Waals surface area contributed by atoms with Gasteiger partial charge in [-0.05, 0) is 18.4 Å². The van der Waals surface area contributed by atoms with Crippen molar-refractivity contribution < 1.29 is 4.74 Å². The lowest BCUT2D eigenvalue weighted by molar-refractivity contribution is 0.184. The van der Waals surface area contributed by atoms with Gasteiger partial charge in [-0.1, -0.05) is 45.4 Å². The van der Waals surface area contributed by atoms with Crippen molar-refractivity contribution in [2.24, 2.45) is 5.92 Å². The highest BCUT2D eigenvalue weighted by Gasteiger charge is 2.30. The van der Waals surface area contributed by atoms with Crippen LogP contribution in [0.25, 0.3) is 0 Å². The monoisotopic (exact) mass is 290 g/mol. The van der Waals surface area contributed by atoms with E-state index in [9.17, 15) is 0 Å². The molecule has 1 aromatic carbocycles. The van der Waals surface area contributed by atoms with Crippen molar-refractivity contribution >= 4 is 5.69 Å². The Labute approximate surface area is 129 Å². The molecule has 118 valence electrons. The van der Waals surface area contributed by atoms with Gasteiger partial charge in [-0.2, -0.15) is 0 Å². The molecule has 0 bridgehead atoms. The van der Waals surface area contributed by atoms with Gasteiger partial charge in [0.15, 0.2) is 0 Å². The summed E-state index contributed by atoms with van der Waals surface area (Å²) in [6, 6.07) is 9.83. The zero-order valence-electron chi connectivity index (χ0n) is 13.9. The van der Waals surface area contributed by atoms with Crippen LogP contribution < -0.4 is 10.2 Å². The fourth-order valence-electron chi connectivity index (χ4n) is 3.22. The van der Waals surface area contributed by atoms with Crippen molar-refractivity contribution in [3.05, 3.63) is 29.8 Å². The first kappa shape index (κ1) is 16.3. The average molecular weight is 290 g/mol. The maximum atomic E-state index is 5.38. The van der Waals surface area contributed by atoms with Gasteiger partial charge in [-0.3, -0.25) is 0 Å². The summed E-state index contributed by atoms with van der Waals surface area (Å²) in [4.78, 5) is 2.60. The highest BCUT2D eigenvalue weighted by atomic mass is 16.5. The van der Waals surface area contributed by atoms with E-state index < -0.39 is 0 Å². The molecule has 21 heavy (non-hydrogen) atoms. The number of nitrogens with one attached hydrogen (secondary N) is 1. The lowest BCUT2D eigenvalue weighted by Crippen LogP contribution is -2.58. The van der Waals surface area contributed by atoms with Gasteiger partial charge >= 0.3 is 0 Å². The zero-order chi connectivity index (χ0) is 15.2. The number of hydrogen-bond acceptors (Lipinski definition) is 3. The van der Waals surface area contributed by atoms with E-state index in [2.05, 4.69) is 55.3 Å². The Hall–Kier alpha value is -1.06. The van der Waals surface area contributed by atoms with Gasteiger partial charge in [0.2, 0.25) is 0 Å². The van der Waals surface area contributed by atoms with Crippen LogP contribution in [0, 0.1) is 5.92 Å². The summed E-state index contributed by atoms with van der Waals surface area (Å²) in [5.74, 6) is 0.708. The normalized spacial score (nSPS) is 24.1. The molecular formula is C18H30N2O. The molecule has 1 N–H and O–H groups in total. The van der Waals surface area contributed by atoms with Crippen LogP contribution in [0.5, 0.6) is 0 Å². The molecule has 1 aromatic rings. The topological polar surface area (TPSA) is 24.5 Å². The van der Waals surface area contributed by atoms with Crippen molar-refractivity contribution in [1.82, 2.24) is 5.32 Å². The van der Waals surface area contributed by atoms with E-state index in [1.807, 2.05) is 0 Å². The Morgan fingerprint density at radius 1 is 1.33 bits per heavy atom. The molecule has 0 radical (unpaired) electrons. The Balaban J connectivity index is 2.24. The number of nitrogens with zero attached hydrogens (tertiary/aromatic N) is 1. The molecule has 0 aromatic heterocycles. The van der Waals surface area contributed by atoms with Gasteiger partial charge in [0.25, 0.3) is 0 Å². The number of hydrogen-bond donors (Lipinski definition) is 1. The predicted octanol–water partition coefficient (Wildman–Crippen LogP) is 3.44. The van der Waals surface area contributed by atoms with E-state index in [-0.39, 0.29) is 0 Å². The molecule has 1 fully saturated rings. The minimum absolute atomic E-state index is 0.573. The number of para-hydroxylation sites is 1. The quantitative estimate of drug-likeness (QED) is 0.868. The van der Waals surface area contributed by atoms with Crippen LogP contribution >= 0.6 is 0 Å². The zero-order valence-corrected chi connectivity index (χ0v) is 13.9. The van der Waals surface area contributed by atoms with E-state index in [0.29, 0.717) is 24.6 Å². The molecule has 1 heterocycles. The first-order chi connectivity index (χ1) is 10.2. The van der Waals surface area contributed by atoms with Crippen molar-refractivity contribution in [1.29, 1.82) is 0 Å². The molecule has 0 amide bonds. The van der Waals surface area contributed by atoms with Gasteiger partial charge in [-0.25, -0.2) is 0 Å². The standard InChI is InChI=1S/C18H30N2O/c1-5-14(3)17-12-20(16(6-2)11-19-17)18-10-8-7-9-15(18)13-21-4/h7-10,14,16-17,19H,5-6,11-13H2,1-4H3. The third kappa shape index (κ3) is 3.78. The molecule has 1 aliphatic heterocycles. The van der Waals surface area contributed by atoms with Crippen molar-refractivity contribution in [3.8, 4) is 0 Å². The summed E-state index contributed by atoms with van der Waals surface area (Å²) in [7, 11) is 1.77. The lowest BCUT2D eigenvalue weighted by atomic mass is 9.94. The van der Waals surface area contributed by atoms with E-state index >= 15 is 0 Å². The molecular weight excluding hydrogens is 260 g/mol. The van der Waals surface area contributed by atoms with Gasteiger partial charge in [0.1, 0.15) is 0 Å². The molecule has 0 spiro atoms.